The summed E-state index contributed by atoms with van der Waals surface area (Å²) in [5.74, 6) is 0.493. The number of hydrogen-bond acceptors (Lipinski definition) is 4. The minimum Gasteiger partial charge on any atom is -0.481 e. The number of nitrogens with two attached hydrogens (primary N) is 1. The van der Waals surface area contributed by atoms with Gasteiger partial charge in [-0.15, -0.1) is 0 Å². The Balaban J connectivity index is 2.06. The van der Waals surface area contributed by atoms with Crippen LogP contribution in [0.15, 0.2) is 36.5 Å². The number of ether oxygens (including phenoxy) is 1. The second-order valence-corrected chi connectivity index (χ2v) is 4.36. The minimum atomic E-state index is -4.40. The van der Waals surface area contributed by atoms with Gasteiger partial charge in [-0.05, 0) is 23.8 Å². The lowest BCUT2D eigenvalue weighted by molar-refractivity contribution is -0.137. The first-order chi connectivity index (χ1) is 9.90. The van der Waals surface area contributed by atoms with E-state index in [-0.39, 0.29) is 5.69 Å². The number of nitrogens with one attached hydrogen (secondary N) is 1. The highest BCUT2D eigenvalue weighted by Gasteiger charge is 2.30. The molecule has 1 heterocycles. The van der Waals surface area contributed by atoms with E-state index in [0.29, 0.717) is 18.1 Å². The van der Waals surface area contributed by atoms with Gasteiger partial charge >= 0.3 is 6.18 Å². The van der Waals surface area contributed by atoms with E-state index in [1.807, 2.05) is 0 Å². The van der Waals surface area contributed by atoms with E-state index in [2.05, 4.69) is 10.3 Å². The van der Waals surface area contributed by atoms with Gasteiger partial charge in [0.15, 0.2) is 0 Å². The Morgan fingerprint density at radius 2 is 2.00 bits per heavy atom. The molecule has 2 rings (SSSR count). The molecule has 7 heteroatoms. The number of rotatable bonds is 4. The van der Waals surface area contributed by atoms with Crippen LogP contribution in [-0.4, -0.2) is 12.1 Å². The van der Waals surface area contributed by atoms with Crippen molar-refractivity contribution in [2.75, 3.05) is 18.2 Å². The van der Waals surface area contributed by atoms with E-state index in [0.717, 1.165) is 17.7 Å². The van der Waals surface area contributed by atoms with E-state index in [9.17, 15) is 13.2 Å². The molecule has 0 aliphatic carbocycles. The molecule has 0 saturated heterocycles. The number of aromatic nitrogens is 1. The number of nitrogen functional groups attached to an aromatic ring is 1. The van der Waals surface area contributed by atoms with Crippen molar-refractivity contribution in [3.8, 4) is 5.88 Å². The van der Waals surface area contributed by atoms with Gasteiger partial charge in [0.2, 0.25) is 5.88 Å². The van der Waals surface area contributed by atoms with Crippen LogP contribution in [-0.2, 0) is 12.7 Å². The van der Waals surface area contributed by atoms with Crippen LogP contribution < -0.4 is 15.8 Å². The van der Waals surface area contributed by atoms with Crippen molar-refractivity contribution in [1.29, 1.82) is 0 Å². The second-order valence-electron chi connectivity index (χ2n) is 4.36. The second kappa shape index (κ2) is 5.90. The lowest BCUT2D eigenvalue weighted by atomic mass is 10.1. The topological polar surface area (TPSA) is 60.2 Å². The molecule has 0 aliphatic heterocycles. The van der Waals surface area contributed by atoms with Gasteiger partial charge in [-0.2, -0.15) is 13.2 Å². The molecule has 21 heavy (non-hydrogen) atoms. The molecular weight excluding hydrogens is 283 g/mol. The van der Waals surface area contributed by atoms with Crippen LogP contribution >= 0.6 is 0 Å². The van der Waals surface area contributed by atoms with Gasteiger partial charge in [0, 0.05) is 18.8 Å². The highest BCUT2D eigenvalue weighted by molar-refractivity contribution is 5.67. The molecule has 3 N–H and O–H groups in total. The lowest BCUT2D eigenvalue weighted by Gasteiger charge is -2.12. The maximum atomic E-state index is 12.5. The van der Waals surface area contributed by atoms with E-state index in [4.69, 9.17) is 10.5 Å². The van der Waals surface area contributed by atoms with Crippen molar-refractivity contribution in [2.24, 2.45) is 0 Å². The lowest BCUT2D eigenvalue weighted by Crippen LogP contribution is -2.08. The molecule has 1 aromatic heterocycles. The van der Waals surface area contributed by atoms with E-state index in [1.165, 1.54) is 13.2 Å². The van der Waals surface area contributed by atoms with Crippen LogP contribution in [0.1, 0.15) is 11.1 Å². The Labute approximate surface area is 119 Å². The molecule has 0 fully saturated rings. The fraction of sp³-hybridized carbons (Fsp3) is 0.214. The van der Waals surface area contributed by atoms with Crippen LogP contribution in [0, 0.1) is 0 Å². The zero-order valence-corrected chi connectivity index (χ0v) is 11.2. The van der Waals surface area contributed by atoms with Crippen molar-refractivity contribution in [3.05, 3.63) is 47.7 Å². The smallest absolute Gasteiger partial charge is 0.416 e. The number of methoxy groups -OCH3 is 1. The maximum Gasteiger partial charge on any atom is 0.416 e. The number of benzene rings is 1. The van der Waals surface area contributed by atoms with E-state index < -0.39 is 11.7 Å². The predicted molar refractivity (Wildman–Crippen MR) is 74.0 cm³/mol. The van der Waals surface area contributed by atoms with Crippen molar-refractivity contribution >= 4 is 11.4 Å². The molecule has 2 aromatic rings. The largest absolute Gasteiger partial charge is 0.481 e. The molecule has 4 nitrogen and oxygen atoms in total. The fourth-order valence-corrected chi connectivity index (χ4v) is 1.73. The zero-order valence-electron chi connectivity index (χ0n) is 11.2. The average Bonchev–Trinajstić information content (AvgIpc) is 2.45. The Morgan fingerprint density at radius 3 is 2.52 bits per heavy atom. The van der Waals surface area contributed by atoms with Crippen molar-refractivity contribution < 1.29 is 17.9 Å². The summed E-state index contributed by atoms with van der Waals surface area (Å²) < 4.78 is 42.5. The van der Waals surface area contributed by atoms with Gasteiger partial charge in [0.05, 0.1) is 24.0 Å². The quantitative estimate of drug-likeness (QED) is 0.850. The SMILES string of the molecule is COc1ccc(CNc2ccc(C(F)(F)F)cc2N)cn1. The summed E-state index contributed by atoms with van der Waals surface area (Å²) in [4.78, 5) is 4.04. The van der Waals surface area contributed by atoms with E-state index >= 15 is 0 Å². The molecule has 0 spiro atoms. The molecule has 0 unspecified atom stereocenters. The third-order valence-electron chi connectivity index (χ3n) is 2.87. The Hall–Kier alpha value is -2.44. The highest BCUT2D eigenvalue weighted by Crippen LogP contribution is 2.32. The third kappa shape index (κ3) is 3.77. The monoisotopic (exact) mass is 297 g/mol. The third-order valence-corrected chi connectivity index (χ3v) is 2.87. The molecule has 0 aliphatic rings. The van der Waals surface area contributed by atoms with Crippen LogP contribution in [0.5, 0.6) is 5.88 Å². The first-order valence-corrected chi connectivity index (χ1v) is 6.09. The maximum absolute atomic E-state index is 12.5. The van der Waals surface area contributed by atoms with Gasteiger partial charge in [-0.25, -0.2) is 4.98 Å². The minimum absolute atomic E-state index is 0.0475. The number of anilines is 2. The standard InChI is InChI=1S/C14H14F3N3O/c1-21-13-5-2-9(8-20-13)7-19-12-4-3-10(6-11(12)18)14(15,16)17/h2-6,8,19H,7,18H2,1H3. The number of alkyl halides is 3. The Morgan fingerprint density at radius 1 is 1.24 bits per heavy atom. The van der Waals surface area contributed by atoms with Gasteiger partial charge < -0.3 is 15.8 Å². The molecule has 1 aromatic carbocycles. The molecule has 0 atom stereocenters. The van der Waals surface area contributed by atoms with Gasteiger partial charge in [0.1, 0.15) is 0 Å². The zero-order chi connectivity index (χ0) is 15.5. The van der Waals surface area contributed by atoms with Gasteiger partial charge in [-0.3, -0.25) is 0 Å². The number of hydrogen-bond donors (Lipinski definition) is 2. The molecular formula is C14H14F3N3O. The summed E-state index contributed by atoms with van der Waals surface area (Å²) in [6.07, 6.45) is -2.78. The first kappa shape index (κ1) is 15.0. The van der Waals surface area contributed by atoms with Crippen molar-refractivity contribution in [1.82, 2.24) is 4.98 Å². The first-order valence-electron chi connectivity index (χ1n) is 6.09. The number of nitrogens with zero attached hydrogens (tertiary/aromatic N) is 1. The van der Waals surface area contributed by atoms with E-state index in [1.54, 1.807) is 18.3 Å². The van der Waals surface area contributed by atoms with Crippen molar-refractivity contribution in [2.45, 2.75) is 12.7 Å². The Bertz CT molecular complexity index is 612. The normalized spacial score (nSPS) is 11.2. The molecule has 0 amide bonds. The van der Waals surface area contributed by atoms with Gasteiger partial charge in [-0.1, -0.05) is 6.07 Å². The van der Waals surface area contributed by atoms with Crippen LogP contribution in [0.4, 0.5) is 24.5 Å². The van der Waals surface area contributed by atoms with Crippen molar-refractivity contribution in [3.63, 3.8) is 0 Å². The number of pyridine rings is 1. The molecule has 0 radical (unpaired) electrons. The molecule has 0 bridgehead atoms. The highest BCUT2D eigenvalue weighted by atomic mass is 19.4. The average molecular weight is 297 g/mol. The Kier molecular flexibility index (Phi) is 4.21. The number of halogens is 3. The summed E-state index contributed by atoms with van der Waals surface area (Å²) in [5, 5.41) is 2.97. The fourth-order valence-electron chi connectivity index (χ4n) is 1.73. The predicted octanol–water partition coefficient (Wildman–Crippen LogP) is 3.30. The summed E-state index contributed by atoms with van der Waals surface area (Å²) >= 11 is 0. The summed E-state index contributed by atoms with van der Waals surface area (Å²) in [5.41, 5.74) is 6.21. The summed E-state index contributed by atoms with van der Waals surface area (Å²) in [7, 11) is 1.52. The molecule has 0 saturated carbocycles. The van der Waals surface area contributed by atoms with Crippen LogP contribution in [0.25, 0.3) is 0 Å². The molecule has 112 valence electrons. The summed E-state index contributed by atoms with van der Waals surface area (Å²) in [6.45, 7) is 0.395. The van der Waals surface area contributed by atoms with Gasteiger partial charge in [0.25, 0.3) is 0 Å². The summed E-state index contributed by atoms with van der Waals surface area (Å²) in [6, 6.07) is 6.72. The van der Waals surface area contributed by atoms with Crippen LogP contribution in [0.3, 0.4) is 0 Å². The van der Waals surface area contributed by atoms with Crippen LogP contribution in [0.2, 0.25) is 0 Å².